The first kappa shape index (κ1) is 12.2. The van der Waals surface area contributed by atoms with Crippen LogP contribution in [0.2, 0.25) is 0 Å². The molecule has 5 nitrogen and oxygen atoms in total. The molecule has 0 radical (unpaired) electrons. The van der Waals surface area contributed by atoms with E-state index in [2.05, 4.69) is 4.98 Å². The highest BCUT2D eigenvalue weighted by Crippen LogP contribution is 2.29. The molecule has 1 aromatic carbocycles. The highest BCUT2D eigenvalue weighted by molar-refractivity contribution is 6.34. The molecule has 0 saturated heterocycles. The zero-order valence-electron chi connectivity index (χ0n) is 9.93. The van der Waals surface area contributed by atoms with Crippen LogP contribution in [-0.2, 0) is 0 Å². The number of hydrogen-bond acceptors (Lipinski definition) is 4. The molecule has 2 N–H and O–H groups in total. The second-order valence-corrected chi connectivity index (χ2v) is 4.15. The van der Waals surface area contributed by atoms with E-state index < -0.39 is 35.1 Å². The third-order valence-corrected chi connectivity index (χ3v) is 2.94. The normalized spacial score (nSPS) is 13.8. The van der Waals surface area contributed by atoms with E-state index in [4.69, 9.17) is 5.73 Å². The summed E-state index contributed by atoms with van der Waals surface area (Å²) in [7, 11) is 0. The van der Waals surface area contributed by atoms with Gasteiger partial charge < -0.3 is 5.73 Å². The number of nitrogens with two attached hydrogens (primary N) is 1. The number of hydrogen-bond donors (Lipinski definition) is 1. The Hall–Kier alpha value is -2.83. The Bertz CT molecular complexity index is 726. The minimum atomic E-state index is -1.13. The number of carbonyl (C=O) groups is 2. The van der Waals surface area contributed by atoms with Gasteiger partial charge in [0.1, 0.15) is 0 Å². The fourth-order valence-electron chi connectivity index (χ4n) is 2.01. The van der Waals surface area contributed by atoms with Crippen LogP contribution in [0.1, 0.15) is 20.7 Å². The Morgan fingerprint density at radius 3 is 2.10 bits per heavy atom. The van der Waals surface area contributed by atoms with E-state index in [1.165, 1.54) is 12.1 Å². The second-order valence-electron chi connectivity index (χ2n) is 4.15. The summed E-state index contributed by atoms with van der Waals surface area (Å²) < 4.78 is 26.8. The molecular formula is C13H7F2N3O2. The monoisotopic (exact) mass is 275 g/mol. The number of fused-ring (bicyclic) bond motifs is 1. The number of nitrogens with zero attached hydrogens (tertiary/aromatic N) is 2. The van der Waals surface area contributed by atoms with Gasteiger partial charge in [0, 0.05) is 6.07 Å². The maximum atomic E-state index is 13.7. The van der Waals surface area contributed by atoms with Crippen molar-refractivity contribution < 1.29 is 18.4 Å². The van der Waals surface area contributed by atoms with E-state index in [-0.39, 0.29) is 11.1 Å². The molecule has 0 spiro atoms. The molecule has 7 heteroatoms. The van der Waals surface area contributed by atoms with Crippen LogP contribution in [0.5, 0.6) is 0 Å². The molecule has 0 saturated carbocycles. The van der Waals surface area contributed by atoms with Gasteiger partial charge in [0.15, 0.2) is 23.3 Å². The maximum absolute atomic E-state index is 13.7. The summed E-state index contributed by atoms with van der Waals surface area (Å²) in [4.78, 5) is 28.2. The van der Waals surface area contributed by atoms with Crippen LogP contribution in [0.15, 0.2) is 30.3 Å². The molecule has 2 amide bonds. The molecule has 0 atom stereocenters. The van der Waals surface area contributed by atoms with Gasteiger partial charge in [-0.2, -0.15) is 0 Å². The minimum Gasteiger partial charge on any atom is -0.381 e. The van der Waals surface area contributed by atoms with Gasteiger partial charge in [0.2, 0.25) is 0 Å². The Balaban J connectivity index is 2.17. The maximum Gasteiger partial charge on any atom is 0.267 e. The number of imide groups is 1. The molecule has 1 aliphatic heterocycles. The van der Waals surface area contributed by atoms with Crippen molar-refractivity contribution in [3.05, 3.63) is 53.1 Å². The highest BCUT2D eigenvalue weighted by atomic mass is 19.1. The van der Waals surface area contributed by atoms with Crippen molar-refractivity contribution in [2.24, 2.45) is 0 Å². The second kappa shape index (κ2) is 4.09. The lowest BCUT2D eigenvalue weighted by molar-refractivity contribution is 0.0923. The average molecular weight is 275 g/mol. The van der Waals surface area contributed by atoms with E-state index >= 15 is 0 Å². The molecule has 0 unspecified atom stereocenters. The molecule has 2 heterocycles. The van der Waals surface area contributed by atoms with Crippen molar-refractivity contribution in [2.75, 3.05) is 10.6 Å². The topological polar surface area (TPSA) is 76.3 Å². The molecule has 1 aromatic heterocycles. The van der Waals surface area contributed by atoms with Crippen molar-refractivity contribution in [1.82, 2.24) is 4.98 Å². The number of nitrogen functional groups attached to an aromatic ring is 1. The van der Waals surface area contributed by atoms with E-state index in [9.17, 15) is 18.4 Å². The quantitative estimate of drug-likeness (QED) is 0.804. The predicted octanol–water partition coefficient (Wildman–Crippen LogP) is 1.74. The minimum absolute atomic E-state index is 0.140. The van der Waals surface area contributed by atoms with Crippen LogP contribution in [0.4, 0.5) is 20.4 Å². The summed E-state index contributed by atoms with van der Waals surface area (Å²) >= 11 is 0. The molecular weight excluding hydrogens is 268 g/mol. The third-order valence-electron chi connectivity index (χ3n) is 2.94. The molecule has 0 bridgehead atoms. The lowest BCUT2D eigenvalue weighted by atomic mass is 10.1. The van der Waals surface area contributed by atoms with Gasteiger partial charge in [-0.25, -0.2) is 18.7 Å². The first-order valence-electron chi connectivity index (χ1n) is 5.60. The zero-order valence-corrected chi connectivity index (χ0v) is 9.93. The van der Waals surface area contributed by atoms with Crippen LogP contribution >= 0.6 is 0 Å². The van der Waals surface area contributed by atoms with Crippen molar-refractivity contribution in [2.45, 2.75) is 0 Å². The van der Waals surface area contributed by atoms with E-state index in [1.54, 1.807) is 12.1 Å². The average Bonchev–Trinajstić information content (AvgIpc) is 2.68. The molecule has 0 aliphatic carbocycles. The number of aromatic nitrogens is 1. The van der Waals surface area contributed by atoms with Gasteiger partial charge in [-0.1, -0.05) is 12.1 Å². The van der Waals surface area contributed by atoms with E-state index in [0.29, 0.717) is 11.0 Å². The number of rotatable bonds is 1. The number of amides is 2. The predicted molar refractivity (Wildman–Crippen MR) is 66.1 cm³/mol. The summed E-state index contributed by atoms with van der Waals surface area (Å²) in [6.07, 6.45) is 0. The number of anilines is 2. The van der Waals surface area contributed by atoms with Gasteiger partial charge in [0.25, 0.3) is 11.8 Å². The van der Waals surface area contributed by atoms with Crippen molar-refractivity contribution in [3.8, 4) is 0 Å². The van der Waals surface area contributed by atoms with Gasteiger partial charge in [-0.15, -0.1) is 0 Å². The zero-order chi connectivity index (χ0) is 14.4. The van der Waals surface area contributed by atoms with Gasteiger partial charge in [-0.3, -0.25) is 9.59 Å². The fourth-order valence-corrected chi connectivity index (χ4v) is 2.01. The van der Waals surface area contributed by atoms with Crippen LogP contribution < -0.4 is 10.6 Å². The summed E-state index contributed by atoms with van der Waals surface area (Å²) in [5, 5.41) is 0. The van der Waals surface area contributed by atoms with Crippen LogP contribution in [0.25, 0.3) is 0 Å². The molecule has 100 valence electrons. The van der Waals surface area contributed by atoms with Crippen LogP contribution in [0.3, 0.4) is 0 Å². The lowest BCUT2D eigenvalue weighted by Crippen LogP contribution is -2.31. The first-order chi connectivity index (χ1) is 9.50. The molecule has 1 aliphatic rings. The lowest BCUT2D eigenvalue weighted by Gasteiger charge is -2.14. The first-order valence-corrected chi connectivity index (χ1v) is 5.60. The molecule has 3 rings (SSSR count). The SMILES string of the molecule is Nc1nc(N2C(=O)c3ccccc3C2=O)c(F)cc1F. The van der Waals surface area contributed by atoms with Crippen molar-refractivity contribution >= 4 is 23.5 Å². The number of carbonyl (C=O) groups excluding carboxylic acids is 2. The summed E-state index contributed by atoms with van der Waals surface area (Å²) in [6, 6.07) is 6.54. The van der Waals surface area contributed by atoms with Crippen molar-refractivity contribution in [1.29, 1.82) is 0 Å². The molecule has 0 fully saturated rings. The Morgan fingerprint density at radius 2 is 1.55 bits per heavy atom. The van der Waals surface area contributed by atoms with E-state index in [0.717, 1.165) is 0 Å². The number of benzene rings is 1. The Kier molecular flexibility index (Phi) is 2.50. The third kappa shape index (κ3) is 1.56. The summed E-state index contributed by atoms with van der Waals surface area (Å²) in [6.45, 7) is 0. The molecule has 2 aromatic rings. The number of halogens is 2. The van der Waals surface area contributed by atoms with E-state index in [1.807, 2.05) is 0 Å². The van der Waals surface area contributed by atoms with Crippen LogP contribution in [-0.4, -0.2) is 16.8 Å². The smallest absolute Gasteiger partial charge is 0.267 e. The van der Waals surface area contributed by atoms with Gasteiger partial charge in [0.05, 0.1) is 11.1 Å². The Morgan fingerprint density at radius 1 is 1.00 bits per heavy atom. The van der Waals surface area contributed by atoms with Crippen LogP contribution in [0, 0.1) is 11.6 Å². The summed E-state index contributed by atoms with van der Waals surface area (Å²) in [5.74, 6) is -4.81. The fraction of sp³-hybridized carbons (Fsp3) is 0. The standard InChI is InChI=1S/C13H7F2N3O2/c14-8-5-9(15)11(17-10(8)16)18-12(19)6-3-1-2-4-7(6)13(18)20/h1-5H,(H2,16,17). The largest absolute Gasteiger partial charge is 0.381 e. The van der Waals surface area contributed by atoms with Crippen molar-refractivity contribution in [3.63, 3.8) is 0 Å². The van der Waals surface area contributed by atoms with Gasteiger partial charge in [-0.05, 0) is 12.1 Å². The highest BCUT2D eigenvalue weighted by Gasteiger charge is 2.38. The van der Waals surface area contributed by atoms with Gasteiger partial charge >= 0.3 is 0 Å². The summed E-state index contributed by atoms with van der Waals surface area (Å²) in [5.41, 5.74) is 5.53. The number of pyridine rings is 1. The Labute approximate surface area is 111 Å². The molecule has 20 heavy (non-hydrogen) atoms.